The van der Waals surface area contributed by atoms with E-state index >= 15 is 0 Å². The van der Waals surface area contributed by atoms with Crippen LogP contribution >= 0.6 is 11.3 Å². The molecule has 0 aliphatic heterocycles. The molecule has 0 radical (unpaired) electrons. The molecule has 0 saturated carbocycles. The number of thiophene rings is 1. The van der Waals surface area contributed by atoms with E-state index in [-0.39, 0.29) is 11.0 Å². The van der Waals surface area contributed by atoms with Gasteiger partial charge in [0.05, 0.1) is 0 Å². The minimum absolute atomic E-state index is 0.130. The third kappa shape index (κ3) is 3.81. The SMILES string of the molecule is Cc1cc(N(c2ccccc2)c2ccc3c(c2)C(C)(C)c2cc(C=C(C#N)C#N)sc2-3)cc(C)c1C. The van der Waals surface area contributed by atoms with Gasteiger partial charge in [0.25, 0.3) is 0 Å². The molecule has 4 aromatic rings. The van der Waals surface area contributed by atoms with Gasteiger partial charge in [0.15, 0.2) is 0 Å². The van der Waals surface area contributed by atoms with Gasteiger partial charge < -0.3 is 4.90 Å². The number of anilines is 3. The van der Waals surface area contributed by atoms with Gasteiger partial charge in [0.1, 0.15) is 17.7 Å². The topological polar surface area (TPSA) is 50.8 Å². The van der Waals surface area contributed by atoms with Crippen LogP contribution in [-0.4, -0.2) is 0 Å². The van der Waals surface area contributed by atoms with Crippen LogP contribution in [0.15, 0.2) is 72.3 Å². The number of aryl methyl sites for hydroxylation is 2. The summed E-state index contributed by atoms with van der Waals surface area (Å²) in [5.74, 6) is 0. The molecular formula is C32H27N3S. The summed E-state index contributed by atoms with van der Waals surface area (Å²) in [5.41, 5.74) is 11.0. The van der Waals surface area contributed by atoms with Crippen molar-refractivity contribution in [3.63, 3.8) is 0 Å². The monoisotopic (exact) mass is 485 g/mol. The summed E-state index contributed by atoms with van der Waals surface area (Å²) in [6.45, 7) is 11.0. The molecule has 3 nitrogen and oxygen atoms in total. The zero-order valence-corrected chi connectivity index (χ0v) is 22.0. The molecule has 1 heterocycles. The number of nitrogens with zero attached hydrogens (tertiary/aromatic N) is 3. The second-order valence-corrected chi connectivity index (χ2v) is 11.0. The van der Waals surface area contributed by atoms with Crippen LogP contribution in [0.5, 0.6) is 0 Å². The van der Waals surface area contributed by atoms with Crippen molar-refractivity contribution < 1.29 is 0 Å². The molecule has 1 aromatic heterocycles. The summed E-state index contributed by atoms with van der Waals surface area (Å²) in [6, 6.07) is 27.9. The first-order valence-corrected chi connectivity index (χ1v) is 12.8. The van der Waals surface area contributed by atoms with Crippen molar-refractivity contribution in [3.8, 4) is 22.6 Å². The second-order valence-electron chi connectivity index (χ2n) is 9.90. The van der Waals surface area contributed by atoms with Crippen LogP contribution in [0.3, 0.4) is 0 Å². The first-order valence-electron chi connectivity index (χ1n) is 12.0. The molecule has 0 saturated heterocycles. The number of hydrogen-bond acceptors (Lipinski definition) is 4. The fourth-order valence-corrected chi connectivity index (χ4v) is 6.38. The fourth-order valence-electron chi connectivity index (χ4n) is 5.08. The summed E-state index contributed by atoms with van der Waals surface area (Å²) >= 11 is 1.65. The standard InChI is InChI=1S/C32H27N3S/c1-20-13-26(14-21(2)22(20)3)35(24-9-7-6-8-10-24)25-11-12-28-29(16-25)32(4,5)30-17-27(36-31(28)30)15-23(18-33)19-34/h6-17H,1-5H3. The van der Waals surface area contributed by atoms with Crippen molar-refractivity contribution in [2.75, 3.05) is 4.90 Å². The van der Waals surface area contributed by atoms with E-state index in [0.29, 0.717) is 0 Å². The van der Waals surface area contributed by atoms with Gasteiger partial charge in [-0.2, -0.15) is 10.5 Å². The summed E-state index contributed by atoms with van der Waals surface area (Å²) in [7, 11) is 0. The molecule has 5 rings (SSSR count). The Morgan fingerprint density at radius 3 is 2.11 bits per heavy atom. The van der Waals surface area contributed by atoms with Gasteiger partial charge in [-0.1, -0.05) is 38.1 Å². The molecule has 0 atom stereocenters. The van der Waals surface area contributed by atoms with Crippen molar-refractivity contribution in [2.24, 2.45) is 0 Å². The smallest absolute Gasteiger partial charge is 0.131 e. The number of para-hydroxylation sites is 1. The molecule has 1 aliphatic carbocycles. The molecule has 1 aliphatic rings. The lowest BCUT2D eigenvalue weighted by molar-refractivity contribution is 0.662. The van der Waals surface area contributed by atoms with Crippen molar-refractivity contribution in [1.82, 2.24) is 0 Å². The van der Waals surface area contributed by atoms with E-state index in [2.05, 4.69) is 100 Å². The van der Waals surface area contributed by atoms with Gasteiger partial charge in [-0.25, -0.2) is 0 Å². The fraction of sp³-hybridized carbons (Fsp3) is 0.188. The summed E-state index contributed by atoms with van der Waals surface area (Å²) < 4.78 is 0. The summed E-state index contributed by atoms with van der Waals surface area (Å²) in [6.07, 6.45) is 1.69. The maximum Gasteiger partial charge on any atom is 0.131 e. The van der Waals surface area contributed by atoms with E-state index in [4.69, 9.17) is 0 Å². The van der Waals surface area contributed by atoms with Crippen molar-refractivity contribution >= 4 is 34.5 Å². The number of benzene rings is 3. The summed E-state index contributed by atoms with van der Waals surface area (Å²) in [4.78, 5) is 4.50. The molecule has 176 valence electrons. The van der Waals surface area contributed by atoms with Gasteiger partial charge in [0.2, 0.25) is 0 Å². The number of allylic oxidation sites excluding steroid dienone is 1. The molecule has 36 heavy (non-hydrogen) atoms. The van der Waals surface area contributed by atoms with Gasteiger partial charge >= 0.3 is 0 Å². The number of rotatable bonds is 4. The average molecular weight is 486 g/mol. The maximum absolute atomic E-state index is 9.17. The Bertz CT molecular complexity index is 1570. The Hall–Kier alpha value is -4.12. The lowest BCUT2D eigenvalue weighted by atomic mass is 9.82. The van der Waals surface area contributed by atoms with E-state index in [1.54, 1.807) is 17.4 Å². The highest BCUT2D eigenvalue weighted by Gasteiger charge is 2.38. The Balaban J connectivity index is 1.66. The van der Waals surface area contributed by atoms with Crippen LogP contribution in [-0.2, 0) is 5.41 Å². The number of nitriles is 2. The number of hydrogen-bond donors (Lipinski definition) is 0. The van der Waals surface area contributed by atoms with Gasteiger partial charge in [-0.3, -0.25) is 0 Å². The maximum atomic E-state index is 9.17. The predicted octanol–water partition coefficient (Wildman–Crippen LogP) is 8.88. The molecule has 0 unspecified atom stereocenters. The molecule has 0 bridgehead atoms. The molecule has 3 aromatic carbocycles. The Morgan fingerprint density at radius 2 is 1.47 bits per heavy atom. The van der Waals surface area contributed by atoms with Crippen LogP contribution in [0.2, 0.25) is 0 Å². The largest absolute Gasteiger partial charge is 0.310 e. The van der Waals surface area contributed by atoms with Crippen LogP contribution in [0.1, 0.15) is 46.5 Å². The molecule has 0 spiro atoms. The third-order valence-corrected chi connectivity index (χ3v) is 8.43. The first kappa shape index (κ1) is 23.6. The van der Waals surface area contributed by atoms with E-state index in [9.17, 15) is 10.5 Å². The highest BCUT2D eigenvalue weighted by molar-refractivity contribution is 7.16. The Labute approximate surface area is 217 Å². The van der Waals surface area contributed by atoms with Crippen molar-refractivity contribution in [1.29, 1.82) is 10.5 Å². The van der Waals surface area contributed by atoms with Crippen LogP contribution in [0.25, 0.3) is 16.5 Å². The van der Waals surface area contributed by atoms with E-state index < -0.39 is 0 Å². The molecular weight excluding hydrogens is 458 g/mol. The van der Waals surface area contributed by atoms with E-state index in [0.717, 1.165) is 21.9 Å². The second kappa shape index (κ2) is 8.83. The Kier molecular flexibility index (Phi) is 5.79. The minimum atomic E-state index is -0.190. The van der Waals surface area contributed by atoms with Crippen LogP contribution in [0, 0.1) is 43.4 Å². The van der Waals surface area contributed by atoms with Gasteiger partial charge in [-0.05, 0) is 103 Å². The van der Waals surface area contributed by atoms with Crippen molar-refractivity contribution in [3.05, 3.63) is 105 Å². The highest BCUT2D eigenvalue weighted by atomic mass is 32.1. The zero-order chi connectivity index (χ0) is 25.6. The molecule has 0 amide bonds. The third-order valence-electron chi connectivity index (χ3n) is 7.32. The predicted molar refractivity (Wildman–Crippen MR) is 150 cm³/mol. The molecule has 0 N–H and O–H groups in total. The lowest BCUT2D eigenvalue weighted by Gasteiger charge is -2.29. The van der Waals surface area contributed by atoms with Gasteiger partial charge in [-0.15, -0.1) is 11.3 Å². The first-order chi connectivity index (χ1) is 17.2. The molecule has 0 fully saturated rings. The average Bonchev–Trinajstić information content (AvgIpc) is 3.38. The molecule has 4 heteroatoms. The van der Waals surface area contributed by atoms with Crippen molar-refractivity contribution in [2.45, 2.75) is 40.0 Å². The highest BCUT2D eigenvalue weighted by Crippen LogP contribution is 2.54. The normalized spacial score (nSPS) is 12.8. The van der Waals surface area contributed by atoms with Crippen LogP contribution < -0.4 is 4.90 Å². The summed E-state index contributed by atoms with van der Waals surface area (Å²) in [5, 5.41) is 18.3. The Morgan fingerprint density at radius 1 is 0.806 bits per heavy atom. The quantitative estimate of drug-likeness (QED) is 0.271. The zero-order valence-electron chi connectivity index (χ0n) is 21.2. The van der Waals surface area contributed by atoms with Gasteiger partial charge in [0, 0.05) is 32.2 Å². The van der Waals surface area contributed by atoms with Crippen LogP contribution in [0.4, 0.5) is 17.1 Å². The number of fused-ring (bicyclic) bond motifs is 3. The minimum Gasteiger partial charge on any atom is -0.310 e. The van der Waals surface area contributed by atoms with E-state index in [1.807, 2.05) is 18.2 Å². The van der Waals surface area contributed by atoms with E-state index in [1.165, 1.54) is 38.3 Å². The lowest BCUT2D eigenvalue weighted by Crippen LogP contribution is -2.16.